The molecule has 8 nitrogen and oxygen atoms in total. The predicted molar refractivity (Wildman–Crippen MR) is 151 cm³/mol. The molecule has 0 saturated heterocycles. The molecule has 4 rings (SSSR count). The van der Waals surface area contributed by atoms with Gasteiger partial charge in [-0.1, -0.05) is 78.3 Å². The van der Waals surface area contributed by atoms with Gasteiger partial charge in [-0.05, 0) is 72.8 Å². The number of carbonyl (C=O) groups excluding carboxylic acids is 1. The van der Waals surface area contributed by atoms with Crippen LogP contribution in [0.15, 0.2) is 53.0 Å². The van der Waals surface area contributed by atoms with Gasteiger partial charge in [0.2, 0.25) is 0 Å². The third kappa shape index (κ3) is 7.41. The van der Waals surface area contributed by atoms with Crippen molar-refractivity contribution in [3.8, 4) is 0 Å². The number of nitrogens with zero attached hydrogens (tertiary/aromatic N) is 4. The number of aromatic nitrogens is 4. The fourth-order valence-electron chi connectivity index (χ4n) is 5.32. The highest BCUT2D eigenvalue weighted by Gasteiger charge is 2.34. The van der Waals surface area contributed by atoms with Gasteiger partial charge in [0.1, 0.15) is 0 Å². The number of aromatic amines is 1. The molecule has 0 spiro atoms. The van der Waals surface area contributed by atoms with E-state index in [1.54, 1.807) is 0 Å². The van der Waals surface area contributed by atoms with Gasteiger partial charge in [0.05, 0.1) is 12.1 Å². The fraction of sp³-hybridized carbons (Fsp3) is 0.517. The van der Waals surface area contributed by atoms with E-state index in [9.17, 15) is 9.90 Å². The van der Waals surface area contributed by atoms with Gasteiger partial charge in [0, 0.05) is 23.5 Å². The monoisotopic (exact) mass is 582 g/mol. The predicted octanol–water partition coefficient (Wildman–Crippen LogP) is 6.12. The minimum atomic E-state index is -0.722. The number of urea groups is 1. The lowest BCUT2D eigenvalue weighted by Gasteiger charge is -2.41. The first kappa shape index (κ1) is 28.2. The van der Waals surface area contributed by atoms with Crippen molar-refractivity contribution < 1.29 is 9.90 Å². The number of benzene rings is 2. The van der Waals surface area contributed by atoms with Crippen LogP contribution in [-0.4, -0.2) is 42.7 Å². The molecule has 38 heavy (non-hydrogen) atoms. The van der Waals surface area contributed by atoms with Gasteiger partial charge >= 0.3 is 6.03 Å². The molecule has 0 bridgehead atoms. The van der Waals surface area contributed by atoms with Crippen molar-refractivity contribution >= 4 is 22.0 Å². The Morgan fingerprint density at radius 3 is 2.29 bits per heavy atom. The second-order valence-corrected chi connectivity index (χ2v) is 12.4. The standard InChI is InChI=1S/C29H39BrN6O2/c1-19(21-9-13-24(30)14-10-21)31-28(38)36(25-15-11-23(12-16-25)29(2,3)4)18-20-5-7-22(8-6-20)26(37)17-27-32-34-35-33-27/h5-10,13-14,19,23,25-26,37H,11-12,15-18H2,1-4H3,(H,31,38)(H,32,33,34,35)/t19-,23?,25?,26-/m0/s1. The maximum Gasteiger partial charge on any atom is 0.318 e. The van der Waals surface area contributed by atoms with Crippen LogP contribution in [0.25, 0.3) is 0 Å². The molecule has 2 amide bonds. The van der Waals surface area contributed by atoms with E-state index in [4.69, 9.17) is 0 Å². The summed E-state index contributed by atoms with van der Waals surface area (Å²) in [5.41, 5.74) is 3.17. The number of aliphatic hydroxyl groups is 1. The smallest absolute Gasteiger partial charge is 0.318 e. The van der Waals surface area contributed by atoms with Gasteiger partial charge in [-0.3, -0.25) is 0 Å². The summed E-state index contributed by atoms with van der Waals surface area (Å²) >= 11 is 3.48. The molecule has 0 radical (unpaired) electrons. The number of amides is 2. The number of hydrogen-bond donors (Lipinski definition) is 3. The molecule has 2 aromatic carbocycles. The van der Waals surface area contributed by atoms with E-state index >= 15 is 0 Å². The Morgan fingerprint density at radius 1 is 1.08 bits per heavy atom. The molecule has 0 aliphatic heterocycles. The van der Waals surface area contributed by atoms with E-state index in [0.717, 1.165) is 46.8 Å². The van der Waals surface area contributed by atoms with Crippen molar-refractivity contribution in [3.05, 3.63) is 75.5 Å². The summed E-state index contributed by atoms with van der Waals surface area (Å²) in [6.45, 7) is 9.49. The number of halogens is 1. The molecule has 3 aromatic rings. The van der Waals surface area contributed by atoms with E-state index in [1.807, 2.05) is 60.4 Å². The molecule has 3 N–H and O–H groups in total. The molecule has 1 aliphatic carbocycles. The van der Waals surface area contributed by atoms with Crippen LogP contribution >= 0.6 is 15.9 Å². The number of aliphatic hydroxyl groups excluding tert-OH is 1. The first-order valence-corrected chi connectivity index (χ1v) is 14.2. The first-order valence-electron chi connectivity index (χ1n) is 13.4. The summed E-state index contributed by atoms with van der Waals surface area (Å²) in [7, 11) is 0. The third-order valence-electron chi connectivity index (χ3n) is 7.82. The van der Waals surface area contributed by atoms with Crippen LogP contribution in [0.2, 0.25) is 0 Å². The summed E-state index contributed by atoms with van der Waals surface area (Å²) < 4.78 is 1.02. The number of rotatable bonds is 8. The molecule has 1 fully saturated rings. The van der Waals surface area contributed by atoms with Crippen molar-refractivity contribution in [3.63, 3.8) is 0 Å². The Balaban J connectivity index is 1.47. The molecule has 0 unspecified atom stereocenters. The minimum absolute atomic E-state index is 0.0409. The number of H-pyrrole nitrogens is 1. The first-order chi connectivity index (χ1) is 18.1. The van der Waals surface area contributed by atoms with Crippen molar-refractivity contribution in [2.24, 2.45) is 11.3 Å². The molecule has 2 atom stereocenters. The van der Waals surface area contributed by atoms with Crippen molar-refractivity contribution in [1.82, 2.24) is 30.8 Å². The Labute approximate surface area is 233 Å². The Bertz CT molecular complexity index is 1150. The summed E-state index contributed by atoms with van der Waals surface area (Å²) in [4.78, 5) is 15.7. The van der Waals surface area contributed by atoms with Gasteiger partial charge in [-0.25, -0.2) is 4.79 Å². The summed E-state index contributed by atoms with van der Waals surface area (Å²) in [6.07, 6.45) is 3.83. The molecule has 204 valence electrons. The van der Waals surface area contributed by atoms with Crippen LogP contribution in [-0.2, 0) is 13.0 Å². The minimum Gasteiger partial charge on any atom is -0.388 e. The lowest BCUT2D eigenvalue weighted by molar-refractivity contribution is 0.103. The van der Waals surface area contributed by atoms with Gasteiger partial charge in [-0.2, -0.15) is 5.21 Å². The largest absolute Gasteiger partial charge is 0.388 e. The van der Waals surface area contributed by atoms with Gasteiger partial charge in [0.25, 0.3) is 0 Å². The average molecular weight is 584 g/mol. The summed E-state index contributed by atoms with van der Waals surface area (Å²) in [5.74, 6) is 1.14. The molecule has 1 aliphatic rings. The number of carbonyl (C=O) groups is 1. The molecule has 1 aromatic heterocycles. The highest BCUT2D eigenvalue weighted by atomic mass is 79.9. The Morgan fingerprint density at radius 2 is 1.71 bits per heavy atom. The highest BCUT2D eigenvalue weighted by Crippen LogP contribution is 2.39. The van der Waals surface area contributed by atoms with E-state index < -0.39 is 6.10 Å². The van der Waals surface area contributed by atoms with Crippen molar-refractivity contribution in [2.75, 3.05) is 0 Å². The van der Waals surface area contributed by atoms with Crippen LogP contribution in [0, 0.1) is 11.3 Å². The van der Waals surface area contributed by atoms with Gasteiger partial charge < -0.3 is 15.3 Å². The average Bonchev–Trinajstić information content (AvgIpc) is 3.40. The normalized spacial score (nSPS) is 19.5. The van der Waals surface area contributed by atoms with E-state index in [2.05, 4.69) is 62.6 Å². The number of nitrogens with one attached hydrogen (secondary N) is 2. The Hall–Kier alpha value is -2.78. The van der Waals surface area contributed by atoms with Crippen LogP contribution in [0.5, 0.6) is 0 Å². The van der Waals surface area contributed by atoms with Crippen molar-refractivity contribution in [2.45, 2.75) is 84.5 Å². The maximum absolute atomic E-state index is 13.7. The quantitative estimate of drug-likeness (QED) is 0.297. The molecular formula is C29H39BrN6O2. The number of tetrazole rings is 1. The number of hydrogen-bond acceptors (Lipinski definition) is 5. The molecule has 9 heteroatoms. The Kier molecular flexibility index (Phi) is 9.20. The summed E-state index contributed by atoms with van der Waals surface area (Å²) in [5, 5.41) is 27.6. The second-order valence-electron chi connectivity index (χ2n) is 11.5. The zero-order valence-corrected chi connectivity index (χ0v) is 24.3. The van der Waals surface area contributed by atoms with E-state index in [0.29, 0.717) is 18.3 Å². The molecule has 1 saturated carbocycles. The van der Waals surface area contributed by atoms with Gasteiger partial charge in [0.15, 0.2) is 5.82 Å². The summed E-state index contributed by atoms with van der Waals surface area (Å²) in [6, 6.07) is 15.9. The van der Waals surface area contributed by atoms with E-state index in [1.165, 1.54) is 0 Å². The van der Waals surface area contributed by atoms with Crippen molar-refractivity contribution in [1.29, 1.82) is 0 Å². The maximum atomic E-state index is 13.7. The lowest BCUT2D eigenvalue weighted by atomic mass is 9.71. The van der Waals surface area contributed by atoms with Crippen LogP contribution in [0.1, 0.15) is 88.0 Å². The fourth-order valence-corrected chi connectivity index (χ4v) is 5.59. The lowest BCUT2D eigenvalue weighted by Crippen LogP contribution is -2.48. The van der Waals surface area contributed by atoms with E-state index in [-0.39, 0.29) is 30.0 Å². The second kappa shape index (κ2) is 12.4. The topological polar surface area (TPSA) is 107 Å². The molecule has 1 heterocycles. The zero-order chi connectivity index (χ0) is 27.3. The van der Waals surface area contributed by atoms with Crippen LogP contribution in [0.3, 0.4) is 0 Å². The highest BCUT2D eigenvalue weighted by molar-refractivity contribution is 9.10. The van der Waals surface area contributed by atoms with Crippen LogP contribution < -0.4 is 5.32 Å². The third-order valence-corrected chi connectivity index (χ3v) is 8.34. The van der Waals surface area contributed by atoms with Gasteiger partial charge in [-0.15, -0.1) is 10.2 Å². The molecular weight excluding hydrogens is 544 g/mol. The van der Waals surface area contributed by atoms with Crippen LogP contribution in [0.4, 0.5) is 4.79 Å². The SMILES string of the molecule is C[C@H](NC(=O)N(Cc1ccc([C@@H](O)Cc2nn[nH]n2)cc1)C1CCC(C(C)(C)C)CC1)c1ccc(Br)cc1. The zero-order valence-electron chi connectivity index (χ0n) is 22.7.